The van der Waals surface area contributed by atoms with E-state index in [1.165, 1.54) is 0 Å². The zero-order valence-electron chi connectivity index (χ0n) is 21.7. The van der Waals surface area contributed by atoms with Crippen LogP contribution >= 0.6 is 0 Å². The zero-order chi connectivity index (χ0) is 31.9. The van der Waals surface area contributed by atoms with Crippen molar-refractivity contribution in [3.8, 4) is 0 Å². The first-order chi connectivity index (χ1) is 17.3. The molecule has 22 nitrogen and oxygen atoms in total. The average molecular weight is 709 g/mol. The van der Waals surface area contributed by atoms with Crippen molar-refractivity contribution in [2.75, 3.05) is 0 Å². The topological polar surface area (TPSA) is 445 Å². The second-order valence-corrected chi connectivity index (χ2v) is 7.31. The molecule has 0 spiro atoms. The van der Waals surface area contributed by atoms with Crippen LogP contribution < -0.4 is 30.6 Å². The van der Waals surface area contributed by atoms with Crippen LogP contribution in [-0.2, 0) is 43.2 Å². The quantitative estimate of drug-likeness (QED) is 0.0860. The molecule has 0 aliphatic carbocycles. The molecule has 0 rings (SSSR count). The van der Waals surface area contributed by atoms with E-state index in [9.17, 15) is 73.8 Å². The second-order valence-electron chi connectivity index (χ2n) is 7.31. The molecule has 0 aliphatic rings. The van der Waals surface area contributed by atoms with E-state index >= 15 is 0 Å². The van der Waals surface area contributed by atoms with Gasteiger partial charge in [0.15, 0.2) is 5.60 Å². The number of hydrogen-bond acceptors (Lipinski definition) is 18. The van der Waals surface area contributed by atoms with E-state index in [0.29, 0.717) is 0 Å². The predicted molar refractivity (Wildman–Crippen MR) is 116 cm³/mol. The van der Waals surface area contributed by atoms with Crippen molar-refractivity contribution in [1.29, 1.82) is 0 Å². The number of carboxylic acid groups (broad SMARTS) is 9. The van der Waals surface area contributed by atoms with Gasteiger partial charge in [-0.15, -0.1) is 0 Å². The molecule has 0 bridgehead atoms. The first kappa shape index (κ1) is 57.5. The van der Waals surface area contributed by atoms with Crippen LogP contribution in [0.2, 0.25) is 0 Å². The molecule has 0 aliphatic heterocycles. The average Bonchev–Trinajstić information content (AvgIpc) is 2.64. The molecule has 0 fully saturated rings. The third-order valence-electron chi connectivity index (χ3n) is 3.79. The van der Waals surface area contributed by atoms with Gasteiger partial charge >= 0.3 is 131 Å². The van der Waals surface area contributed by atoms with Gasteiger partial charge in [-0.25, -0.2) is 4.79 Å². The monoisotopic (exact) mass is 708 g/mol. The molecule has 0 heterocycles. The van der Waals surface area contributed by atoms with Crippen LogP contribution in [0.3, 0.4) is 0 Å². The largest absolute Gasteiger partial charge is 2.00 e. The fourth-order valence-corrected chi connectivity index (χ4v) is 2.08. The van der Waals surface area contributed by atoms with Gasteiger partial charge in [0, 0.05) is 49.6 Å². The standard InChI is InChI=1S/3C6H8O7.3Ca.H2O/c3*7-3(8)1-6(13,5(11)12)2-4(9)10;;;;/h3*13H,1-2H2,(H,7,8)(H,9,10)(H,11,12);;;;1H2/q;;;3*+2;/p-6. The molecule has 0 aromatic carbocycles. The summed E-state index contributed by atoms with van der Waals surface area (Å²) in [6.07, 6.45) is -7.72. The SMILES string of the molecule is O.O=C(O)CC(O)(CC(=O)O)C(=O)O.O=C([O-])CC(O)(CC(=O)[O-])C(=O)[O-].O=C([O-])CC(O)(CC(=O)[O-])C(=O)[O-].[Ca+2].[Ca+2].[Ca+2]. The number of rotatable bonds is 15. The van der Waals surface area contributed by atoms with Gasteiger partial charge in [-0.2, -0.15) is 0 Å². The molecule has 0 amide bonds. The maximum atomic E-state index is 10.3. The summed E-state index contributed by atoms with van der Waals surface area (Å²) in [5, 5.41) is 112. The van der Waals surface area contributed by atoms with Crippen LogP contribution in [0.15, 0.2) is 0 Å². The van der Waals surface area contributed by atoms with Crippen molar-refractivity contribution in [2.24, 2.45) is 0 Å². The minimum Gasteiger partial charge on any atom is -0.550 e. The number of carbonyl (C=O) groups is 9. The number of hydrogen-bond donors (Lipinski definition) is 6. The molecule has 0 atom stereocenters. The summed E-state index contributed by atoms with van der Waals surface area (Å²) in [5.41, 5.74) is -8.69. The fraction of sp³-hybridized carbons (Fsp3) is 0.500. The van der Waals surface area contributed by atoms with Crippen LogP contribution in [0.4, 0.5) is 0 Å². The van der Waals surface area contributed by atoms with E-state index in [1.807, 2.05) is 0 Å². The van der Waals surface area contributed by atoms with Crippen LogP contribution in [0.25, 0.3) is 0 Å². The van der Waals surface area contributed by atoms with Crippen molar-refractivity contribution in [2.45, 2.75) is 55.3 Å². The van der Waals surface area contributed by atoms with Crippen molar-refractivity contribution in [3.05, 3.63) is 0 Å². The Morgan fingerprint density at radius 3 is 0.698 bits per heavy atom. The Labute approximate surface area is 328 Å². The third-order valence-corrected chi connectivity index (χ3v) is 3.79. The summed E-state index contributed by atoms with van der Waals surface area (Å²) in [4.78, 5) is 90.5. The van der Waals surface area contributed by atoms with Gasteiger partial charge in [0.1, 0.15) is 11.2 Å². The summed E-state index contributed by atoms with van der Waals surface area (Å²) in [6, 6.07) is 0. The molecule has 230 valence electrons. The minimum absolute atomic E-state index is 0. The Balaban J connectivity index is -0.0000000864. The van der Waals surface area contributed by atoms with E-state index in [4.69, 9.17) is 30.6 Å². The molecule has 0 radical (unpaired) electrons. The second kappa shape index (κ2) is 26.1. The van der Waals surface area contributed by atoms with Crippen molar-refractivity contribution in [1.82, 2.24) is 0 Å². The predicted octanol–water partition coefficient (Wildman–Crippen LogP) is -13.7. The molecular formula is C18H20Ca3O22. The van der Waals surface area contributed by atoms with Crippen LogP contribution in [0.1, 0.15) is 38.5 Å². The first-order valence-electron chi connectivity index (χ1n) is 9.40. The molecule has 25 heteroatoms. The molecule has 43 heavy (non-hydrogen) atoms. The molecule has 0 aromatic rings. The van der Waals surface area contributed by atoms with Gasteiger partial charge in [-0.3, -0.25) is 9.59 Å². The molecule has 0 saturated heterocycles. The number of aliphatic carboxylic acids is 9. The number of carbonyl (C=O) groups excluding carboxylic acids is 6. The van der Waals surface area contributed by atoms with Gasteiger partial charge in [-0.1, -0.05) is 0 Å². The van der Waals surface area contributed by atoms with Gasteiger partial charge in [0.05, 0.1) is 24.8 Å². The summed E-state index contributed by atoms with van der Waals surface area (Å²) < 4.78 is 0. The van der Waals surface area contributed by atoms with E-state index in [0.717, 1.165) is 0 Å². The van der Waals surface area contributed by atoms with Crippen molar-refractivity contribution < 1.29 is 110 Å². The maximum Gasteiger partial charge on any atom is 2.00 e. The zero-order valence-corrected chi connectivity index (χ0v) is 28.3. The summed E-state index contributed by atoms with van der Waals surface area (Å²) in [5.74, 6) is -17.0. The van der Waals surface area contributed by atoms with Crippen LogP contribution in [-0.4, -0.2) is 220 Å². The summed E-state index contributed by atoms with van der Waals surface area (Å²) in [7, 11) is 0. The molecule has 0 unspecified atom stereocenters. The van der Waals surface area contributed by atoms with E-state index in [-0.39, 0.29) is 119 Å². The van der Waals surface area contributed by atoms with E-state index in [2.05, 4.69) is 0 Å². The molecule has 0 aromatic heterocycles. The minimum atomic E-state index is -2.97. The Morgan fingerprint density at radius 2 is 0.605 bits per heavy atom. The fourth-order valence-electron chi connectivity index (χ4n) is 2.08. The van der Waals surface area contributed by atoms with Gasteiger partial charge in [0.25, 0.3) is 0 Å². The molecular weight excluding hydrogens is 688 g/mol. The van der Waals surface area contributed by atoms with Gasteiger partial charge < -0.3 is 95.5 Å². The third kappa shape index (κ3) is 28.1. The Kier molecular flexibility index (Phi) is 34.9. The normalized spacial score (nSPS) is 9.84. The Bertz CT molecular complexity index is 822. The molecule has 0 saturated carbocycles. The van der Waals surface area contributed by atoms with Crippen molar-refractivity contribution >= 4 is 167 Å². The van der Waals surface area contributed by atoms with Crippen LogP contribution in [0.5, 0.6) is 0 Å². The van der Waals surface area contributed by atoms with Gasteiger partial charge in [-0.05, 0) is 0 Å². The summed E-state index contributed by atoms with van der Waals surface area (Å²) in [6.45, 7) is 0. The van der Waals surface area contributed by atoms with E-state index in [1.54, 1.807) is 0 Å². The first-order valence-corrected chi connectivity index (χ1v) is 9.40. The van der Waals surface area contributed by atoms with Crippen molar-refractivity contribution in [3.63, 3.8) is 0 Å². The van der Waals surface area contributed by atoms with Gasteiger partial charge in [0.2, 0.25) is 0 Å². The Morgan fingerprint density at radius 1 is 0.419 bits per heavy atom. The number of carboxylic acids is 9. The number of aliphatic hydroxyl groups is 3. The smallest absolute Gasteiger partial charge is 0.550 e. The molecule has 8 N–H and O–H groups in total. The van der Waals surface area contributed by atoms with E-state index < -0.39 is 109 Å². The maximum absolute atomic E-state index is 10.3. The Hall–Kier alpha value is -1.15. The summed E-state index contributed by atoms with van der Waals surface area (Å²) >= 11 is 0. The van der Waals surface area contributed by atoms with Crippen LogP contribution in [0, 0.1) is 0 Å².